The molecular formula is C32H26O6. The predicted molar refractivity (Wildman–Crippen MR) is 147 cm³/mol. The van der Waals surface area contributed by atoms with Gasteiger partial charge in [-0.1, -0.05) is 78.9 Å². The van der Waals surface area contributed by atoms with Gasteiger partial charge in [0.2, 0.25) is 0 Å². The van der Waals surface area contributed by atoms with Crippen LogP contribution in [-0.2, 0) is 16.1 Å². The summed E-state index contributed by atoms with van der Waals surface area (Å²) in [6, 6.07) is 32.2. The van der Waals surface area contributed by atoms with Gasteiger partial charge in [-0.15, -0.1) is 0 Å². The van der Waals surface area contributed by atoms with E-state index in [1.807, 2.05) is 84.9 Å². The fraction of sp³-hybridized carbons (Fsp3) is 0.0938. The molecule has 0 spiro atoms. The van der Waals surface area contributed by atoms with Crippen molar-refractivity contribution < 1.29 is 28.6 Å². The fourth-order valence-electron chi connectivity index (χ4n) is 3.98. The molecule has 5 aromatic carbocycles. The summed E-state index contributed by atoms with van der Waals surface area (Å²) in [6.45, 7) is 0.367. The minimum Gasteiger partial charge on any atom is -0.488 e. The first-order valence-corrected chi connectivity index (χ1v) is 11.9. The molecule has 38 heavy (non-hydrogen) atoms. The average molecular weight is 507 g/mol. The minimum absolute atomic E-state index is 0.152. The molecule has 0 saturated carbocycles. The Morgan fingerprint density at radius 3 is 1.58 bits per heavy atom. The summed E-state index contributed by atoms with van der Waals surface area (Å²) in [7, 11) is 1.30. The Balaban J connectivity index is 0.000000178. The Morgan fingerprint density at radius 1 is 0.605 bits per heavy atom. The number of rotatable bonds is 8. The van der Waals surface area contributed by atoms with Crippen LogP contribution in [0.2, 0.25) is 0 Å². The van der Waals surface area contributed by atoms with Crippen molar-refractivity contribution in [2.24, 2.45) is 0 Å². The van der Waals surface area contributed by atoms with Crippen LogP contribution in [0, 0.1) is 0 Å². The number of hydrogen-bond donors (Lipinski definition) is 0. The van der Waals surface area contributed by atoms with E-state index >= 15 is 0 Å². The maximum Gasteiger partial charge on any atom is 0.343 e. The fourth-order valence-corrected chi connectivity index (χ4v) is 3.98. The van der Waals surface area contributed by atoms with Gasteiger partial charge >= 0.3 is 5.97 Å². The standard InChI is InChI=1S/C18H14O2.C14H12O4/c19-12-15-10-11-18(17-9-5-4-8-16(15)17)20-13-14-6-2-1-3-7-14;1-17-14(16)9-18-13-7-6-10(8-15)11-4-2-3-5-12(11)13/h1-12H,13H2;2-8H,9H2,1H3. The maximum atomic E-state index is 11.1. The van der Waals surface area contributed by atoms with Gasteiger partial charge in [-0.25, -0.2) is 4.79 Å². The molecule has 190 valence electrons. The molecule has 0 fully saturated rings. The quantitative estimate of drug-likeness (QED) is 0.178. The Hall–Kier alpha value is -4.97. The normalized spacial score (nSPS) is 10.2. The molecule has 5 aromatic rings. The molecule has 0 amide bonds. The number of carbonyl (C=O) groups excluding carboxylic acids is 3. The van der Waals surface area contributed by atoms with E-state index in [0.29, 0.717) is 23.5 Å². The number of aldehydes is 2. The number of esters is 1. The number of fused-ring (bicyclic) bond motifs is 2. The van der Waals surface area contributed by atoms with Crippen LogP contribution < -0.4 is 9.47 Å². The molecule has 0 bridgehead atoms. The van der Waals surface area contributed by atoms with Crippen LogP contribution in [0.1, 0.15) is 26.3 Å². The zero-order chi connectivity index (χ0) is 26.7. The summed E-state index contributed by atoms with van der Waals surface area (Å²) in [5.74, 6) is 0.912. The van der Waals surface area contributed by atoms with E-state index in [9.17, 15) is 14.4 Å². The summed E-state index contributed by atoms with van der Waals surface area (Å²) < 4.78 is 15.8. The first kappa shape index (κ1) is 26.1. The van der Waals surface area contributed by atoms with Crippen LogP contribution in [0.4, 0.5) is 0 Å². The van der Waals surface area contributed by atoms with E-state index in [1.165, 1.54) is 7.11 Å². The van der Waals surface area contributed by atoms with Crippen molar-refractivity contribution in [3.05, 3.63) is 120 Å². The van der Waals surface area contributed by atoms with E-state index in [-0.39, 0.29) is 6.61 Å². The Bertz CT molecular complexity index is 1560. The highest BCUT2D eigenvalue weighted by molar-refractivity contribution is 6.01. The van der Waals surface area contributed by atoms with Crippen LogP contribution in [0.25, 0.3) is 21.5 Å². The lowest BCUT2D eigenvalue weighted by Gasteiger charge is -2.10. The van der Waals surface area contributed by atoms with Crippen LogP contribution in [0.3, 0.4) is 0 Å². The second kappa shape index (κ2) is 12.8. The number of methoxy groups -OCH3 is 1. The van der Waals surface area contributed by atoms with Crippen LogP contribution in [-0.4, -0.2) is 32.3 Å². The van der Waals surface area contributed by atoms with Crippen molar-refractivity contribution in [1.29, 1.82) is 0 Å². The molecule has 0 aliphatic heterocycles. The largest absolute Gasteiger partial charge is 0.488 e. The zero-order valence-corrected chi connectivity index (χ0v) is 20.8. The summed E-state index contributed by atoms with van der Waals surface area (Å²) in [6.07, 6.45) is 1.68. The molecule has 0 saturated heterocycles. The highest BCUT2D eigenvalue weighted by atomic mass is 16.6. The lowest BCUT2D eigenvalue weighted by atomic mass is 10.0. The highest BCUT2D eigenvalue weighted by Gasteiger charge is 2.08. The topological polar surface area (TPSA) is 78.9 Å². The number of benzene rings is 5. The van der Waals surface area contributed by atoms with Gasteiger partial charge in [0.25, 0.3) is 0 Å². The van der Waals surface area contributed by atoms with Crippen molar-refractivity contribution in [1.82, 2.24) is 0 Å². The molecular weight excluding hydrogens is 480 g/mol. The van der Waals surface area contributed by atoms with Gasteiger partial charge in [0.05, 0.1) is 7.11 Å². The number of ether oxygens (including phenoxy) is 3. The van der Waals surface area contributed by atoms with E-state index < -0.39 is 5.97 Å². The summed E-state index contributed by atoms with van der Waals surface area (Å²) in [5.41, 5.74) is 2.40. The second-order valence-electron chi connectivity index (χ2n) is 8.27. The van der Waals surface area contributed by atoms with Gasteiger partial charge in [-0.3, -0.25) is 9.59 Å². The van der Waals surface area contributed by atoms with Gasteiger partial charge in [0.15, 0.2) is 19.2 Å². The van der Waals surface area contributed by atoms with Crippen molar-refractivity contribution in [2.75, 3.05) is 13.7 Å². The summed E-state index contributed by atoms with van der Waals surface area (Å²) in [5, 5.41) is 3.49. The maximum absolute atomic E-state index is 11.1. The summed E-state index contributed by atoms with van der Waals surface area (Å²) >= 11 is 0. The molecule has 5 rings (SSSR count). The third-order valence-corrected chi connectivity index (χ3v) is 5.90. The first-order valence-electron chi connectivity index (χ1n) is 11.9. The number of hydrogen-bond acceptors (Lipinski definition) is 6. The molecule has 6 nitrogen and oxygen atoms in total. The van der Waals surface area contributed by atoms with Gasteiger partial charge < -0.3 is 14.2 Å². The molecule has 0 unspecified atom stereocenters. The van der Waals surface area contributed by atoms with Gasteiger partial charge in [-0.05, 0) is 40.6 Å². The molecule has 0 heterocycles. The van der Waals surface area contributed by atoms with Crippen molar-refractivity contribution >= 4 is 40.1 Å². The zero-order valence-electron chi connectivity index (χ0n) is 20.8. The van der Waals surface area contributed by atoms with Crippen LogP contribution in [0.15, 0.2) is 103 Å². The highest BCUT2D eigenvalue weighted by Crippen LogP contribution is 2.29. The van der Waals surface area contributed by atoms with E-state index in [0.717, 1.165) is 45.4 Å². The monoisotopic (exact) mass is 506 g/mol. The average Bonchev–Trinajstić information content (AvgIpc) is 2.99. The SMILES string of the molecule is COC(=O)COc1ccc(C=O)c2ccccc12.O=Cc1ccc(OCc2ccccc2)c2ccccc12. The third-order valence-electron chi connectivity index (χ3n) is 5.90. The molecule has 0 atom stereocenters. The molecule has 0 aromatic heterocycles. The molecule has 0 N–H and O–H groups in total. The molecule has 6 heteroatoms. The predicted octanol–water partition coefficient (Wildman–Crippen LogP) is 6.44. The van der Waals surface area contributed by atoms with Crippen LogP contribution in [0.5, 0.6) is 11.5 Å². The van der Waals surface area contributed by atoms with E-state index in [2.05, 4.69) is 4.74 Å². The Labute approximate surface area is 220 Å². The number of carbonyl (C=O) groups is 3. The van der Waals surface area contributed by atoms with Crippen molar-refractivity contribution in [3.63, 3.8) is 0 Å². The lowest BCUT2D eigenvalue weighted by Crippen LogP contribution is -2.12. The Kier molecular flexibility index (Phi) is 8.81. The van der Waals surface area contributed by atoms with E-state index in [4.69, 9.17) is 9.47 Å². The third kappa shape index (κ3) is 6.23. The van der Waals surface area contributed by atoms with Gasteiger partial charge in [0, 0.05) is 21.9 Å². The summed E-state index contributed by atoms with van der Waals surface area (Å²) in [4.78, 5) is 33.0. The van der Waals surface area contributed by atoms with Gasteiger partial charge in [-0.2, -0.15) is 0 Å². The first-order chi connectivity index (χ1) is 18.6. The van der Waals surface area contributed by atoms with Crippen molar-refractivity contribution in [3.8, 4) is 11.5 Å². The molecule has 0 aliphatic carbocycles. The van der Waals surface area contributed by atoms with Crippen molar-refractivity contribution in [2.45, 2.75) is 6.61 Å². The lowest BCUT2D eigenvalue weighted by molar-refractivity contribution is -0.142. The van der Waals surface area contributed by atoms with E-state index in [1.54, 1.807) is 18.2 Å². The van der Waals surface area contributed by atoms with Crippen LogP contribution >= 0.6 is 0 Å². The van der Waals surface area contributed by atoms with Gasteiger partial charge in [0.1, 0.15) is 18.1 Å². The smallest absolute Gasteiger partial charge is 0.343 e. The molecule has 0 aliphatic rings. The molecule has 0 radical (unpaired) electrons. The second-order valence-corrected chi connectivity index (χ2v) is 8.27. The minimum atomic E-state index is -0.446. The Morgan fingerprint density at radius 2 is 1.08 bits per heavy atom.